The van der Waals surface area contributed by atoms with Gasteiger partial charge in [-0.15, -0.1) is 0 Å². The number of nitrogens with two attached hydrogens (primary N) is 1. The second-order valence-corrected chi connectivity index (χ2v) is 6.26. The third-order valence-electron chi connectivity index (χ3n) is 4.60. The summed E-state index contributed by atoms with van der Waals surface area (Å²) in [5.41, 5.74) is 5.92. The van der Waals surface area contributed by atoms with Gasteiger partial charge in [0.2, 0.25) is 5.91 Å². The van der Waals surface area contributed by atoms with E-state index in [1.54, 1.807) is 7.11 Å². The molecule has 1 heterocycles. The minimum absolute atomic E-state index is 0.277. The van der Waals surface area contributed by atoms with Crippen molar-refractivity contribution >= 4 is 11.6 Å². The quantitative estimate of drug-likeness (QED) is 0.864. The van der Waals surface area contributed by atoms with Crippen molar-refractivity contribution in [3.63, 3.8) is 0 Å². The van der Waals surface area contributed by atoms with Crippen molar-refractivity contribution in [3.8, 4) is 5.75 Å². The van der Waals surface area contributed by atoms with Gasteiger partial charge < -0.3 is 15.8 Å². The first kappa shape index (κ1) is 14.2. The van der Waals surface area contributed by atoms with Crippen LogP contribution in [0.15, 0.2) is 24.3 Å². The van der Waals surface area contributed by atoms with Crippen LogP contribution >= 0.6 is 0 Å². The molecule has 0 radical (unpaired) electrons. The van der Waals surface area contributed by atoms with Crippen molar-refractivity contribution in [1.29, 1.82) is 0 Å². The molecule has 114 valence electrons. The lowest BCUT2D eigenvalue weighted by atomic mass is 9.95. The van der Waals surface area contributed by atoms with E-state index in [-0.39, 0.29) is 5.91 Å². The molecule has 21 heavy (non-hydrogen) atoms. The topological polar surface area (TPSA) is 67.6 Å². The minimum atomic E-state index is -0.686. The Labute approximate surface area is 125 Å². The summed E-state index contributed by atoms with van der Waals surface area (Å²) in [4.78, 5) is 14.5. The highest BCUT2D eigenvalue weighted by Gasteiger charge is 2.50. The summed E-state index contributed by atoms with van der Waals surface area (Å²) in [6.07, 6.45) is 3.22. The summed E-state index contributed by atoms with van der Waals surface area (Å²) < 4.78 is 5.24. The van der Waals surface area contributed by atoms with Gasteiger partial charge in [0.05, 0.1) is 7.11 Å². The zero-order valence-corrected chi connectivity index (χ0v) is 12.6. The van der Waals surface area contributed by atoms with Crippen LogP contribution in [0.1, 0.15) is 26.2 Å². The molecule has 1 aliphatic carbocycles. The molecule has 2 unspecified atom stereocenters. The summed E-state index contributed by atoms with van der Waals surface area (Å²) in [6.45, 7) is 2.86. The molecule has 0 spiro atoms. The standard InChI is InChI=1S/C16H23N3O2/c1-11-9-16(15(17)20,10-19(11)13-6-7-13)18-12-4-3-5-14(8-12)21-2/h3-5,8,11,13,18H,6-7,9-10H2,1-2H3,(H2,17,20). The number of nitrogens with one attached hydrogen (secondary N) is 1. The number of hydrogen-bond acceptors (Lipinski definition) is 4. The largest absolute Gasteiger partial charge is 0.497 e. The number of nitrogens with zero attached hydrogens (tertiary/aromatic N) is 1. The molecule has 2 aliphatic rings. The molecule has 5 heteroatoms. The number of carbonyl (C=O) groups is 1. The van der Waals surface area contributed by atoms with E-state index in [9.17, 15) is 4.79 Å². The number of benzene rings is 1. The first-order chi connectivity index (χ1) is 10.0. The van der Waals surface area contributed by atoms with Crippen LogP contribution in [0.3, 0.4) is 0 Å². The van der Waals surface area contributed by atoms with Gasteiger partial charge in [0, 0.05) is 30.4 Å². The predicted octanol–water partition coefficient (Wildman–Crippen LogP) is 1.59. The Morgan fingerprint density at radius 1 is 1.48 bits per heavy atom. The molecule has 5 nitrogen and oxygen atoms in total. The number of likely N-dealkylation sites (tertiary alicyclic amines) is 1. The van der Waals surface area contributed by atoms with E-state index in [1.165, 1.54) is 12.8 Å². The third-order valence-corrected chi connectivity index (χ3v) is 4.60. The molecule has 1 aromatic rings. The van der Waals surface area contributed by atoms with Crippen LogP contribution in [0.2, 0.25) is 0 Å². The smallest absolute Gasteiger partial charge is 0.244 e. The van der Waals surface area contributed by atoms with E-state index in [4.69, 9.17) is 10.5 Å². The Bertz CT molecular complexity index is 544. The van der Waals surface area contributed by atoms with Gasteiger partial charge in [-0.2, -0.15) is 0 Å². The average Bonchev–Trinajstić information content (AvgIpc) is 3.24. The summed E-state index contributed by atoms with van der Waals surface area (Å²) in [7, 11) is 1.63. The van der Waals surface area contributed by atoms with Crippen LogP contribution in [-0.2, 0) is 4.79 Å². The van der Waals surface area contributed by atoms with Gasteiger partial charge in [-0.05, 0) is 38.3 Å². The highest BCUT2D eigenvalue weighted by molar-refractivity contribution is 5.89. The van der Waals surface area contributed by atoms with Gasteiger partial charge in [0.1, 0.15) is 11.3 Å². The fourth-order valence-electron chi connectivity index (χ4n) is 3.36. The fraction of sp³-hybridized carbons (Fsp3) is 0.562. The average molecular weight is 289 g/mol. The van der Waals surface area contributed by atoms with Gasteiger partial charge in [-0.3, -0.25) is 9.69 Å². The monoisotopic (exact) mass is 289 g/mol. The van der Waals surface area contributed by atoms with Crippen molar-refractivity contribution in [2.45, 2.75) is 43.8 Å². The van der Waals surface area contributed by atoms with Crippen LogP contribution in [0, 0.1) is 0 Å². The first-order valence-electron chi connectivity index (χ1n) is 7.52. The number of methoxy groups -OCH3 is 1. The second-order valence-electron chi connectivity index (χ2n) is 6.26. The Morgan fingerprint density at radius 3 is 2.86 bits per heavy atom. The van der Waals surface area contributed by atoms with Gasteiger partial charge in [-0.1, -0.05) is 6.07 Å². The molecule has 3 N–H and O–H groups in total. The maximum atomic E-state index is 12.1. The maximum absolute atomic E-state index is 12.1. The van der Waals surface area contributed by atoms with E-state index >= 15 is 0 Å². The van der Waals surface area contributed by atoms with Gasteiger partial charge in [-0.25, -0.2) is 0 Å². The van der Waals surface area contributed by atoms with Gasteiger partial charge >= 0.3 is 0 Å². The molecule has 0 bridgehead atoms. The van der Waals surface area contributed by atoms with Crippen LogP contribution in [0.25, 0.3) is 0 Å². The Hall–Kier alpha value is -1.75. The molecule has 2 atom stereocenters. The molecule has 1 saturated heterocycles. The number of carbonyl (C=O) groups excluding carboxylic acids is 1. The first-order valence-corrected chi connectivity index (χ1v) is 7.52. The van der Waals surface area contributed by atoms with Crippen LogP contribution in [0.5, 0.6) is 5.75 Å². The number of rotatable bonds is 5. The predicted molar refractivity (Wildman–Crippen MR) is 82.3 cm³/mol. The highest BCUT2D eigenvalue weighted by atomic mass is 16.5. The maximum Gasteiger partial charge on any atom is 0.244 e. The van der Waals surface area contributed by atoms with Crippen molar-refractivity contribution in [1.82, 2.24) is 4.90 Å². The SMILES string of the molecule is COc1cccc(NC2(C(N)=O)CC(C)N(C3CC3)C2)c1. The van der Waals surface area contributed by atoms with Gasteiger partial charge in [0.25, 0.3) is 0 Å². The Morgan fingerprint density at radius 2 is 2.24 bits per heavy atom. The third kappa shape index (κ3) is 2.70. The number of ether oxygens (including phenoxy) is 1. The van der Waals surface area contributed by atoms with Crippen LogP contribution in [0.4, 0.5) is 5.69 Å². The molecular formula is C16H23N3O2. The van der Waals surface area contributed by atoms with E-state index in [1.807, 2.05) is 24.3 Å². The van der Waals surface area contributed by atoms with Crippen molar-refractivity contribution in [2.24, 2.45) is 5.73 Å². The van der Waals surface area contributed by atoms with E-state index in [2.05, 4.69) is 17.1 Å². The molecule has 1 saturated carbocycles. The Balaban J connectivity index is 1.83. The second kappa shape index (κ2) is 5.22. The number of hydrogen-bond donors (Lipinski definition) is 2. The molecule has 2 fully saturated rings. The summed E-state index contributed by atoms with van der Waals surface area (Å²) in [5.74, 6) is 0.491. The fourth-order valence-corrected chi connectivity index (χ4v) is 3.36. The normalized spacial score (nSPS) is 29.3. The van der Waals surface area contributed by atoms with Crippen LogP contribution < -0.4 is 15.8 Å². The number of amides is 1. The van der Waals surface area contributed by atoms with E-state index in [0.717, 1.165) is 17.9 Å². The molecule has 3 rings (SSSR count). The lowest BCUT2D eigenvalue weighted by Crippen LogP contribution is -2.52. The lowest BCUT2D eigenvalue weighted by Gasteiger charge is -2.28. The molecule has 1 aromatic carbocycles. The lowest BCUT2D eigenvalue weighted by molar-refractivity contribution is -0.121. The Kier molecular flexibility index (Phi) is 3.53. The molecular weight excluding hydrogens is 266 g/mol. The number of anilines is 1. The summed E-state index contributed by atoms with van der Waals surface area (Å²) in [6, 6.07) is 8.65. The molecule has 1 amide bonds. The molecule has 0 aromatic heterocycles. The van der Waals surface area contributed by atoms with E-state index < -0.39 is 5.54 Å². The number of primary amides is 1. The van der Waals surface area contributed by atoms with Crippen molar-refractivity contribution in [3.05, 3.63) is 24.3 Å². The zero-order chi connectivity index (χ0) is 15.0. The summed E-state index contributed by atoms with van der Waals surface area (Å²) in [5, 5.41) is 3.38. The van der Waals surface area contributed by atoms with Crippen LogP contribution in [-0.4, -0.2) is 42.1 Å². The highest BCUT2D eigenvalue weighted by Crippen LogP contribution is 2.38. The summed E-state index contributed by atoms with van der Waals surface area (Å²) >= 11 is 0. The van der Waals surface area contributed by atoms with Gasteiger partial charge in [0.15, 0.2) is 0 Å². The molecule has 1 aliphatic heterocycles. The van der Waals surface area contributed by atoms with Crippen molar-refractivity contribution < 1.29 is 9.53 Å². The minimum Gasteiger partial charge on any atom is -0.497 e. The zero-order valence-electron chi connectivity index (χ0n) is 12.6. The van der Waals surface area contributed by atoms with E-state index in [0.29, 0.717) is 18.6 Å². The van der Waals surface area contributed by atoms with Crippen molar-refractivity contribution in [2.75, 3.05) is 19.0 Å².